The van der Waals surface area contributed by atoms with Crippen molar-refractivity contribution in [3.63, 3.8) is 0 Å². The number of carbonyl (C=O) groups excluding carboxylic acids is 2. The molecule has 1 aliphatic rings. The highest BCUT2D eigenvalue weighted by Gasteiger charge is 2.33. The van der Waals surface area contributed by atoms with Crippen LogP contribution in [0.15, 0.2) is 78.9 Å². The maximum atomic E-state index is 13.6. The monoisotopic (exact) mass is 464 g/mol. The molecule has 0 saturated carbocycles. The van der Waals surface area contributed by atoms with E-state index in [0.717, 1.165) is 16.7 Å². The van der Waals surface area contributed by atoms with Crippen LogP contribution in [0.5, 0.6) is 0 Å². The molecule has 3 aromatic carbocycles. The van der Waals surface area contributed by atoms with Gasteiger partial charge in [0, 0.05) is 26.2 Å². The van der Waals surface area contributed by atoms with Crippen molar-refractivity contribution in [3.8, 4) is 0 Å². The highest BCUT2D eigenvalue weighted by Crippen LogP contribution is 2.32. The summed E-state index contributed by atoms with van der Waals surface area (Å²) >= 11 is 0. The zero-order valence-corrected chi connectivity index (χ0v) is 18.5. The van der Waals surface area contributed by atoms with E-state index in [2.05, 4.69) is 10.2 Å². The molecule has 1 heterocycles. The number of halogens is 2. The Hall–Kier alpha value is -3.62. The third-order valence-corrected chi connectivity index (χ3v) is 6.06. The average Bonchev–Trinajstić information content (AvgIpc) is 2.83. The summed E-state index contributed by atoms with van der Waals surface area (Å²) in [5.41, 5.74) is 7.76. The number of piperazine rings is 1. The summed E-state index contributed by atoms with van der Waals surface area (Å²) in [7, 11) is 0. The fraction of sp³-hybridized carbons (Fsp3) is 0.231. The van der Waals surface area contributed by atoms with Gasteiger partial charge in [-0.15, -0.1) is 0 Å². The highest BCUT2D eigenvalue weighted by atomic mass is 19.1. The highest BCUT2D eigenvalue weighted by molar-refractivity contribution is 5.96. The molecule has 1 aliphatic heterocycles. The number of rotatable bonds is 6. The summed E-state index contributed by atoms with van der Waals surface area (Å²) in [4.78, 5) is 28.4. The summed E-state index contributed by atoms with van der Waals surface area (Å²) in [6, 6.07) is 20.1. The first-order valence-corrected chi connectivity index (χ1v) is 11.1. The van der Waals surface area contributed by atoms with Gasteiger partial charge in [-0.1, -0.05) is 54.6 Å². The standard InChI is InChI=1S/C26H26F2N4O2/c27-21-10-6-19(7-11-21)23(20-8-12-22(28)13-9-20)31-14-16-32(17-15-31)24(25(33)30-26(29)34)18-4-2-1-3-5-18/h1-13,23-24H,14-17H2,(H3,29,30,33,34). The van der Waals surface area contributed by atoms with Crippen molar-refractivity contribution in [1.82, 2.24) is 15.1 Å². The summed E-state index contributed by atoms with van der Waals surface area (Å²) < 4.78 is 27.1. The lowest BCUT2D eigenvalue weighted by atomic mass is 9.95. The third kappa shape index (κ3) is 5.47. The Labute approximate surface area is 197 Å². The van der Waals surface area contributed by atoms with Crippen molar-refractivity contribution in [2.24, 2.45) is 5.73 Å². The van der Waals surface area contributed by atoms with Crippen LogP contribution in [0, 0.1) is 11.6 Å². The molecule has 0 spiro atoms. The third-order valence-electron chi connectivity index (χ3n) is 6.06. The number of urea groups is 1. The summed E-state index contributed by atoms with van der Waals surface area (Å²) in [6.45, 7) is 2.30. The van der Waals surface area contributed by atoms with Gasteiger partial charge in [0.1, 0.15) is 17.7 Å². The van der Waals surface area contributed by atoms with Crippen LogP contribution in [0.2, 0.25) is 0 Å². The van der Waals surface area contributed by atoms with Gasteiger partial charge in [-0.3, -0.25) is 19.9 Å². The van der Waals surface area contributed by atoms with Gasteiger partial charge < -0.3 is 5.73 Å². The zero-order chi connectivity index (χ0) is 24.1. The first kappa shape index (κ1) is 23.5. The van der Waals surface area contributed by atoms with Crippen molar-refractivity contribution in [1.29, 1.82) is 0 Å². The van der Waals surface area contributed by atoms with Crippen LogP contribution in [0.3, 0.4) is 0 Å². The molecule has 1 unspecified atom stereocenters. The quantitative estimate of drug-likeness (QED) is 0.584. The van der Waals surface area contributed by atoms with Gasteiger partial charge in [0.2, 0.25) is 5.91 Å². The van der Waals surface area contributed by atoms with E-state index in [9.17, 15) is 18.4 Å². The smallest absolute Gasteiger partial charge is 0.318 e. The Kier molecular flexibility index (Phi) is 7.30. The number of hydrogen-bond acceptors (Lipinski definition) is 4. The normalized spacial score (nSPS) is 15.7. The molecule has 3 N–H and O–H groups in total. The van der Waals surface area contributed by atoms with Gasteiger partial charge in [0.25, 0.3) is 0 Å². The van der Waals surface area contributed by atoms with E-state index in [1.807, 2.05) is 35.2 Å². The second-order valence-corrected chi connectivity index (χ2v) is 8.24. The zero-order valence-electron chi connectivity index (χ0n) is 18.5. The molecular formula is C26H26F2N4O2. The maximum absolute atomic E-state index is 13.6. The fourth-order valence-electron chi connectivity index (χ4n) is 4.51. The topological polar surface area (TPSA) is 78.7 Å². The van der Waals surface area contributed by atoms with Crippen LogP contribution >= 0.6 is 0 Å². The SMILES string of the molecule is NC(=O)NC(=O)C(c1ccccc1)N1CCN(C(c2ccc(F)cc2)c2ccc(F)cc2)CC1. The molecule has 1 fully saturated rings. The largest absolute Gasteiger partial charge is 0.351 e. The summed E-state index contributed by atoms with van der Waals surface area (Å²) in [5.74, 6) is -1.11. The van der Waals surface area contributed by atoms with Crippen LogP contribution in [0.1, 0.15) is 28.8 Å². The molecule has 6 nitrogen and oxygen atoms in total. The molecule has 0 aliphatic carbocycles. The minimum Gasteiger partial charge on any atom is -0.351 e. The van der Waals surface area contributed by atoms with Crippen LogP contribution < -0.4 is 11.1 Å². The van der Waals surface area contributed by atoms with E-state index >= 15 is 0 Å². The Balaban J connectivity index is 1.57. The van der Waals surface area contributed by atoms with E-state index in [0.29, 0.717) is 26.2 Å². The van der Waals surface area contributed by atoms with Crippen molar-refractivity contribution < 1.29 is 18.4 Å². The van der Waals surface area contributed by atoms with Crippen molar-refractivity contribution in [2.75, 3.05) is 26.2 Å². The van der Waals surface area contributed by atoms with Gasteiger partial charge in [0.05, 0.1) is 6.04 Å². The van der Waals surface area contributed by atoms with E-state index in [4.69, 9.17) is 5.73 Å². The molecule has 3 amide bonds. The molecular weight excluding hydrogens is 438 g/mol. The molecule has 4 rings (SSSR count). The number of primary amides is 1. The Bertz CT molecular complexity index is 1070. The molecule has 0 radical (unpaired) electrons. The number of nitrogens with zero attached hydrogens (tertiary/aromatic N) is 2. The van der Waals surface area contributed by atoms with Crippen LogP contribution in [-0.4, -0.2) is 47.9 Å². The number of imide groups is 1. The first-order valence-electron chi connectivity index (χ1n) is 11.1. The second kappa shape index (κ2) is 10.5. The van der Waals surface area contributed by atoms with Gasteiger partial charge in [-0.05, 0) is 41.0 Å². The molecule has 1 atom stereocenters. The van der Waals surface area contributed by atoms with E-state index in [1.54, 1.807) is 24.3 Å². The molecule has 8 heteroatoms. The maximum Gasteiger partial charge on any atom is 0.318 e. The number of amides is 3. The van der Waals surface area contributed by atoms with Gasteiger partial charge in [0.15, 0.2) is 0 Å². The van der Waals surface area contributed by atoms with E-state index in [1.165, 1.54) is 24.3 Å². The van der Waals surface area contributed by atoms with Gasteiger partial charge >= 0.3 is 6.03 Å². The first-order chi connectivity index (χ1) is 16.4. The van der Waals surface area contributed by atoms with Crippen LogP contribution in [0.25, 0.3) is 0 Å². The fourth-order valence-corrected chi connectivity index (χ4v) is 4.51. The Morgan fingerprint density at radius 2 is 1.18 bits per heavy atom. The van der Waals surface area contributed by atoms with Crippen molar-refractivity contribution in [2.45, 2.75) is 12.1 Å². The molecule has 34 heavy (non-hydrogen) atoms. The van der Waals surface area contributed by atoms with Gasteiger partial charge in [-0.2, -0.15) is 0 Å². The van der Waals surface area contributed by atoms with Crippen molar-refractivity contribution in [3.05, 3.63) is 107 Å². The molecule has 0 bridgehead atoms. The van der Waals surface area contributed by atoms with E-state index < -0.39 is 18.0 Å². The predicted molar refractivity (Wildman–Crippen MR) is 125 cm³/mol. The number of carbonyl (C=O) groups is 2. The minimum absolute atomic E-state index is 0.196. The summed E-state index contributed by atoms with van der Waals surface area (Å²) in [6.07, 6.45) is 0. The van der Waals surface area contributed by atoms with Gasteiger partial charge in [-0.25, -0.2) is 13.6 Å². The summed E-state index contributed by atoms with van der Waals surface area (Å²) in [5, 5.41) is 2.21. The molecule has 1 saturated heterocycles. The second-order valence-electron chi connectivity index (χ2n) is 8.24. The van der Waals surface area contributed by atoms with E-state index in [-0.39, 0.29) is 17.7 Å². The molecule has 176 valence electrons. The lowest BCUT2D eigenvalue weighted by molar-refractivity contribution is -0.126. The number of nitrogens with two attached hydrogens (primary N) is 1. The Morgan fingerprint density at radius 1 is 0.706 bits per heavy atom. The number of hydrogen-bond donors (Lipinski definition) is 2. The molecule has 0 aromatic heterocycles. The predicted octanol–water partition coefficient (Wildman–Crippen LogP) is 3.61. The molecule has 3 aromatic rings. The van der Waals surface area contributed by atoms with Crippen LogP contribution in [-0.2, 0) is 4.79 Å². The number of nitrogens with one attached hydrogen (secondary N) is 1. The lowest BCUT2D eigenvalue weighted by Crippen LogP contribution is -2.52. The van der Waals surface area contributed by atoms with Crippen LogP contribution in [0.4, 0.5) is 13.6 Å². The lowest BCUT2D eigenvalue weighted by Gasteiger charge is -2.42. The Morgan fingerprint density at radius 3 is 1.65 bits per heavy atom. The minimum atomic E-state index is -0.891. The average molecular weight is 465 g/mol. The number of benzene rings is 3. The van der Waals surface area contributed by atoms with Crippen molar-refractivity contribution >= 4 is 11.9 Å².